The smallest absolute Gasteiger partial charge is 0.293 e. The first-order valence-corrected chi connectivity index (χ1v) is 9.10. The third kappa shape index (κ3) is 5.20. The Hall–Kier alpha value is -3.13. The number of hydrogen-bond acceptors (Lipinski definition) is 7. The van der Waals surface area contributed by atoms with Crippen LogP contribution in [-0.2, 0) is 9.57 Å². The summed E-state index contributed by atoms with van der Waals surface area (Å²) in [5.74, 6) is 0.810. The van der Waals surface area contributed by atoms with E-state index in [4.69, 9.17) is 14.3 Å². The van der Waals surface area contributed by atoms with Crippen molar-refractivity contribution in [1.29, 1.82) is 0 Å². The minimum Gasteiger partial charge on any atom is -0.490 e. The predicted octanol–water partition coefficient (Wildman–Crippen LogP) is 3.17. The molecule has 0 radical (unpaired) electrons. The van der Waals surface area contributed by atoms with Gasteiger partial charge in [0.15, 0.2) is 6.61 Å². The average Bonchev–Trinajstić information content (AvgIpc) is 2.72. The molecule has 0 aliphatic carbocycles. The van der Waals surface area contributed by atoms with Crippen LogP contribution in [0.4, 0.5) is 11.4 Å². The number of hydrogen-bond donors (Lipinski definition) is 0. The molecule has 0 spiro atoms. The number of para-hydroxylation sites is 1. The molecule has 1 aliphatic heterocycles. The van der Waals surface area contributed by atoms with Crippen LogP contribution in [0.15, 0.2) is 47.6 Å². The van der Waals surface area contributed by atoms with Crippen LogP contribution in [0.3, 0.4) is 0 Å². The van der Waals surface area contributed by atoms with Gasteiger partial charge in [0.2, 0.25) is 0 Å². The fourth-order valence-corrected chi connectivity index (χ4v) is 2.90. The van der Waals surface area contributed by atoms with Crippen molar-refractivity contribution < 1.29 is 19.2 Å². The molecule has 148 valence electrons. The highest BCUT2D eigenvalue weighted by molar-refractivity contribution is 5.82. The van der Waals surface area contributed by atoms with E-state index in [9.17, 15) is 10.1 Å². The van der Waals surface area contributed by atoms with Gasteiger partial charge in [-0.15, -0.1) is 0 Å². The van der Waals surface area contributed by atoms with Crippen molar-refractivity contribution in [2.75, 3.05) is 44.4 Å². The molecule has 1 heterocycles. The SMILES string of the molecule is Cc1ccccc1OCCO/N=C\c1ccc(N2CCOCC2)c([N+](=O)[O-])c1. The fraction of sp³-hybridized carbons (Fsp3) is 0.350. The molecule has 0 bridgehead atoms. The summed E-state index contributed by atoms with van der Waals surface area (Å²) in [4.78, 5) is 18.2. The number of oxime groups is 1. The monoisotopic (exact) mass is 385 g/mol. The van der Waals surface area contributed by atoms with Gasteiger partial charge in [-0.05, 0) is 24.6 Å². The molecule has 1 saturated heterocycles. The van der Waals surface area contributed by atoms with Crippen molar-refractivity contribution in [3.8, 4) is 5.75 Å². The maximum absolute atomic E-state index is 11.4. The molecule has 0 amide bonds. The Morgan fingerprint density at radius 1 is 1.21 bits per heavy atom. The van der Waals surface area contributed by atoms with Crippen molar-refractivity contribution >= 4 is 17.6 Å². The van der Waals surface area contributed by atoms with E-state index < -0.39 is 0 Å². The Labute approximate surface area is 163 Å². The van der Waals surface area contributed by atoms with Crippen molar-refractivity contribution in [3.63, 3.8) is 0 Å². The number of morpholine rings is 1. The summed E-state index contributed by atoms with van der Waals surface area (Å²) in [6.07, 6.45) is 1.46. The molecule has 2 aromatic carbocycles. The lowest BCUT2D eigenvalue weighted by Crippen LogP contribution is -2.36. The first-order chi connectivity index (χ1) is 13.6. The maximum Gasteiger partial charge on any atom is 0.293 e. The van der Waals surface area contributed by atoms with Gasteiger partial charge in [-0.3, -0.25) is 10.1 Å². The molecule has 28 heavy (non-hydrogen) atoms. The van der Waals surface area contributed by atoms with E-state index in [1.165, 1.54) is 12.3 Å². The lowest BCUT2D eigenvalue weighted by molar-refractivity contribution is -0.384. The van der Waals surface area contributed by atoms with Gasteiger partial charge in [-0.25, -0.2) is 0 Å². The van der Waals surface area contributed by atoms with Gasteiger partial charge in [-0.1, -0.05) is 29.4 Å². The second-order valence-electron chi connectivity index (χ2n) is 6.29. The molecular formula is C20H23N3O5. The minimum absolute atomic E-state index is 0.0498. The molecule has 2 aromatic rings. The predicted molar refractivity (Wildman–Crippen MR) is 106 cm³/mol. The van der Waals surface area contributed by atoms with E-state index in [1.54, 1.807) is 12.1 Å². The van der Waals surface area contributed by atoms with Gasteiger partial charge >= 0.3 is 0 Å². The van der Waals surface area contributed by atoms with E-state index in [-0.39, 0.29) is 17.2 Å². The molecule has 0 saturated carbocycles. The number of aryl methyl sites for hydroxylation is 1. The van der Waals surface area contributed by atoms with Gasteiger partial charge in [0.05, 0.1) is 24.4 Å². The van der Waals surface area contributed by atoms with Crippen LogP contribution in [0.25, 0.3) is 0 Å². The number of ether oxygens (including phenoxy) is 2. The van der Waals surface area contributed by atoms with Crippen molar-refractivity contribution in [2.45, 2.75) is 6.92 Å². The number of nitro benzene ring substituents is 1. The molecular weight excluding hydrogens is 362 g/mol. The third-order valence-electron chi connectivity index (χ3n) is 4.35. The molecule has 8 heteroatoms. The Morgan fingerprint density at radius 2 is 2.00 bits per heavy atom. The summed E-state index contributed by atoms with van der Waals surface area (Å²) in [5.41, 5.74) is 2.30. The molecule has 8 nitrogen and oxygen atoms in total. The van der Waals surface area contributed by atoms with E-state index in [0.717, 1.165) is 11.3 Å². The van der Waals surface area contributed by atoms with E-state index in [1.807, 2.05) is 36.1 Å². The molecule has 0 N–H and O–H groups in total. The van der Waals surface area contributed by atoms with E-state index in [0.29, 0.717) is 44.2 Å². The first-order valence-electron chi connectivity index (χ1n) is 9.10. The molecule has 1 aliphatic rings. The number of rotatable bonds is 8. The van der Waals surface area contributed by atoms with Crippen molar-refractivity contribution in [1.82, 2.24) is 0 Å². The van der Waals surface area contributed by atoms with E-state index >= 15 is 0 Å². The zero-order chi connectivity index (χ0) is 19.8. The quantitative estimate of drug-likeness (QED) is 0.300. The highest BCUT2D eigenvalue weighted by Crippen LogP contribution is 2.29. The Morgan fingerprint density at radius 3 is 2.75 bits per heavy atom. The van der Waals surface area contributed by atoms with Gasteiger partial charge in [0.1, 0.15) is 18.0 Å². The Balaban J connectivity index is 1.54. The lowest BCUT2D eigenvalue weighted by atomic mass is 10.1. The normalized spacial score (nSPS) is 14.2. The standard InChI is InChI=1S/C20H23N3O5/c1-16-4-2-3-5-20(16)27-12-13-28-21-15-17-6-7-18(19(14-17)23(24)25)22-8-10-26-11-9-22/h2-7,14-15H,8-13H2,1H3/b21-15-. The maximum atomic E-state index is 11.4. The molecule has 3 rings (SSSR count). The number of anilines is 1. The van der Waals surface area contributed by atoms with Gasteiger partial charge in [0, 0.05) is 24.7 Å². The van der Waals surface area contributed by atoms with Crippen LogP contribution in [0.5, 0.6) is 5.75 Å². The van der Waals surface area contributed by atoms with Gasteiger partial charge in [-0.2, -0.15) is 0 Å². The van der Waals surface area contributed by atoms with Crippen LogP contribution < -0.4 is 9.64 Å². The summed E-state index contributed by atoms with van der Waals surface area (Å²) in [7, 11) is 0. The molecule has 1 fully saturated rings. The van der Waals surface area contributed by atoms with Gasteiger partial charge < -0.3 is 19.2 Å². The highest BCUT2D eigenvalue weighted by atomic mass is 16.6. The minimum atomic E-state index is -0.376. The third-order valence-corrected chi connectivity index (χ3v) is 4.35. The fourth-order valence-electron chi connectivity index (χ4n) is 2.90. The van der Waals surface area contributed by atoms with Crippen LogP contribution in [-0.4, -0.2) is 50.7 Å². The number of nitro groups is 1. The zero-order valence-corrected chi connectivity index (χ0v) is 15.7. The average molecular weight is 385 g/mol. The van der Waals surface area contributed by atoms with Crippen LogP contribution in [0.2, 0.25) is 0 Å². The number of benzene rings is 2. The Bertz CT molecular complexity index is 834. The summed E-state index contributed by atoms with van der Waals surface area (Å²) in [6.45, 7) is 5.02. The number of nitrogens with zero attached hydrogens (tertiary/aromatic N) is 3. The van der Waals surface area contributed by atoms with Crippen LogP contribution in [0.1, 0.15) is 11.1 Å². The van der Waals surface area contributed by atoms with Crippen LogP contribution >= 0.6 is 0 Å². The molecule has 0 atom stereocenters. The topological polar surface area (TPSA) is 86.4 Å². The van der Waals surface area contributed by atoms with E-state index in [2.05, 4.69) is 5.16 Å². The summed E-state index contributed by atoms with van der Waals surface area (Å²) in [5, 5.41) is 15.3. The van der Waals surface area contributed by atoms with Crippen LogP contribution in [0, 0.1) is 17.0 Å². The summed E-state index contributed by atoms with van der Waals surface area (Å²) in [6, 6.07) is 12.8. The summed E-state index contributed by atoms with van der Waals surface area (Å²) >= 11 is 0. The first kappa shape index (κ1) is 19.6. The summed E-state index contributed by atoms with van der Waals surface area (Å²) < 4.78 is 10.9. The highest BCUT2D eigenvalue weighted by Gasteiger charge is 2.21. The van der Waals surface area contributed by atoms with Gasteiger partial charge in [0.25, 0.3) is 5.69 Å². The second-order valence-corrected chi connectivity index (χ2v) is 6.29. The molecule has 0 aromatic heterocycles. The Kier molecular flexibility index (Phi) is 6.80. The van der Waals surface area contributed by atoms with Crippen molar-refractivity contribution in [3.05, 3.63) is 63.7 Å². The van der Waals surface area contributed by atoms with Crippen molar-refractivity contribution in [2.24, 2.45) is 5.16 Å². The second kappa shape index (κ2) is 9.70. The molecule has 0 unspecified atom stereocenters. The lowest BCUT2D eigenvalue weighted by Gasteiger charge is -2.28. The zero-order valence-electron chi connectivity index (χ0n) is 15.7. The largest absolute Gasteiger partial charge is 0.490 e.